The molecule has 3 unspecified atom stereocenters. The van der Waals surface area contributed by atoms with Gasteiger partial charge < -0.3 is 10.1 Å². The van der Waals surface area contributed by atoms with E-state index < -0.39 is 11.1 Å². The molecule has 5 heteroatoms. The van der Waals surface area contributed by atoms with E-state index in [1.165, 1.54) is 6.42 Å². The van der Waals surface area contributed by atoms with Crippen LogP contribution in [0.5, 0.6) is 0 Å². The molecule has 22 heavy (non-hydrogen) atoms. The Hall–Kier alpha value is -0.910. The number of carbonyl (C=O) groups excluding carboxylic acids is 1. The number of hydrogen-bond donors (Lipinski definition) is 2. The van der Waals surface area contributed by atoms with Crippen LogP contribution in [0.2, 0.25) is 0 Å². The third kappa shape index (κ3) is 3.89. The van der Waals surface area contributed by atoms with Crippen LogP contribution in [0.25, 0.3) is 0 Å². The van der Waals surface area contributed by atoms with Gasteiger partial charge in [-0.3, -0.25) is 0 Å². The fraction of sp³-hybridized carbons (Fsp3) is 0.824. The summed E-state index contributed by atoms with van der Waals surface area (Å²) >= 11 is 0. The number of rotatable bonds is 4. The Morgan fingerprint density at radius 3 is 2.59 bits per heavy atom. The van der Waals surface area contributed by atoms with Gasteiger partial charge in [-0.25, -0.2) is 0 Å². The van der Waals surface area contributed by atoms with Crippen molar-refractivity contribution < 1.29 is 14.1 Å². The molecule has 3 N–H and O–H groups in total. The Morgan fingerprint density at radius 1 is 1.45 bits per heavy atom. The number of quaternary nitrogens is 1. The lowest BCUT2D eigenvalue weighted by molar-refractivity contribution is -0.868. The fourth-order valence-electron chi connectivity index (χ4n) is 3.14. The number of allylic oxidation sites excluding steroid dienone is 1. The fourth-order valence-corrected chi connectivity index (χ4v) is 3.14. The van der Waals surface area contributed by atoms with E-state index in [1.54, 1.807) is 12.3 Å². The summed E-state index contributed by atoms with van der Waals surface area (Å²) in [7, 11) is 1.94. The van der Waals surface area contributed by atoms with Crippen molar-refractivity contribution in [1.29, 1.82) is 0 Å². The summed E-state index contributed by atoms with van der Waals surface area (Å²) in [6, 6.07) is 0. The molecular formula is C17H34N3O2+. The van der Waals surface area contributed by atoms with Crippen LogP contribution in [-0.4, -0.2) is 35.4 Å². The predicted octanol–water partition coefficient (Wildman–Crippen LogP) is 3.31. The number of nitrogens with zero attached hydrogens (tertiary/aromatic N) is 1. The molecule has 1 amide bonds. The molecule has 0 heterocycles. The van der Waals surface area contributed by atoms with Crippen molar-refractivity contribution in [2.45, 2.75) is 71.4 Å². The quantitative estimate of drug-likeness (QED) is 0.362. The first-order valence-electron chi connectivity index (χ1n) is 8.30. The number of ether oxygens (including phenoxy) is 1. The monoisotopic (exact) mass is 312 g/mol. The second-order valence-corrected chi connectivity index (χ2v) is 7.61. The van der Waals surface area contributed by atoms with E-state index in [1.807, 2.05) is 34.7 Å². The van der Waals surface area contributed by atoms with Gasteiger partial charge >= 0.3 is 6.09 Å². The Bertz CT molecular complexity index is 415. The van der Waals surface area contributed by atoms with E-state index >= 15 is 0 Å². The lowest BCUT2D eigenvalue weighted by Crippen LogP contribution is -2.66. The molecule has 1 rings (SSSR count). The first-order chi connectivity index (χ1) is 10.1. The maximum Gasteiger partial charge on any atom is 0.541 e. The molecule has 1 fully saturated rings. The zero-order valence-corrected chi connectivity index (χ0v) is 15.1. The van der Waals surface area contributed by atoms with Crippen molar-refractivity contribution in [3.05, 3.63) is 12.3 Å². The molecular weight excluding hydrogens is 278 g/mol. The molecule has 128 valence electrons. The number of amides is 1. The van der Waals surface area contributed by atoms with Gasteiger partial charge in [-0.05, 0) is 67.0 Å². The zero-order valence-electron chi connectivity index (χ0n) is 15.1. The minimum absolute atomic E-state index is 0.328. The van der Waals surface area contributed by atoms with Crippen LogP contribution >= 0.6 is 0 Å². The second kappa shape index (κ2) is 7.11. The van der Waals surface area contributed by atoms with Crippen molar-refractivity contribution in [3.8, 4) is 0 Å². The smallest absolute Gasteiger partial charge is 0.412 e. The molecule has 0 aromatic heterocycles. The van der Waals surface area contributed by atoms with Crippen LogP contribution in [0.3, 0.4) is 0 Å². The summed E-state index contributed by atoms with van der Waals surface area (Å²) in [6.45, 7) is 10.6. The summed E-state index contributed by atoms with van der Waals surface area (Å²) in [5, 5.41) is 3.22. The minimum atomic E-state index is -0.465. The largest absolute Gasteiger partial charge is 0.541 e. The van der Waals surface area contributed by atoms with Crippen LogP contribution in [0.4, 0.5) is 4.79 Å². The maximum absolute atomic E-state index is 12.9. The van der Waals surface area contributed by atoms with Crippen LogP contribution in [0.15, 0.2) is 12.3 Å². The van der Waals surface area contributed by atoms with Crippen LogP contribution in [-0.2, 0) is 4.74 Å². The molecule has 0 bridgehead atoms. The third-order valence-electron chi connectivity index (χ3n) is 4.91. The lowest BCUT2D eigenvalue weighted by Gasteiger charge is -2.44. The minimum Gasteiger partial charge on any atom is -0.412 e. The Labute approximate surface area is 135 Å². The molecule has 1 saturated carbocycles. The summed E-state index contributed by atoms with van der Waals surface area (Å²) in [4.78, 5) is 12.9. The van der Waals surface area contributed by atoms with Crippen molar-refractivity contribution >= 4 is 6.09 Å². The molecule has 0 radical (unpaired) electrons. The van der Waals surface area contributed by atoms with Crippen molar-refractivity contribution in [2.24, 2.45) is 11.8 Å². The zero-order chi connectivity index (χ0) is 17.0. The van der Waals surface area contributed by atoms with Crippen LogP contribution in [0.1, 0.15) is 60.3 Å². The molecule has 0 aromatic rings. The predicted molar refractivity (Wildman–Crippen MR) is 89.8 cm³/mol. The summed E-state index contributed by atoms with van der Waals surface area (Å²) < 4.78 is 5.66. The molecule has 0 aliphatic heterocycles. The first-order valence-corrected chi connectivity index (χ1v) is 8.30. The number of hydrogen-bond acceptors (Lipinski definition) is 4. The Morgan fingerprint density at radius 2 is 2.09 bits per heavy atom. The average Bonchev–Trinajstić information content (AvgIpc) is 2.40. The number of carbonyl (C=O) groups is 1. The molecule has 5 nitrogen and oxygen atoms in total. The lowest BCUT2D eigenvalue weighted by atomic mass is 9.76. The molecule has 0 saturated heterocycles. The number of nitrogens with one attached hydrogen (secondary N) is 1. The van der Waals surface area contributed by atoms with E-state index in [0.717, 1.165) is 25.8 Å². The topological polar surface area (TPSA) is 64.4 Å². The van der Waals surface area contributed by atoms with Gasteiger partial charge in [0.25, 0.3) is 0 Å². The van der Waals surface area contributed by atoms with Gasteiger partial charge in [0.2, 0.25) is 0 Å². The van der Waals surface area contributed by atoms with Gasteiger partial charge in [-0.2, -0.15) is 10.6 Å². The molecule has 0 aromatic carbocycles. The van der Waals surface area contributed by atoms with Crippen molar-refractivity contribution in [2.75, 3.05) is 13.6 Å². The third-order valence-corrected chi connectivity index (χ3v) is 4.91. The normalized spacial score (nSPS) is 29.3. The van der Waals surface area contributed by atoms with Gasteiger partial charge in [0.05, 0.1) is 0 Å². The van der Waals surface area contributed by atoms with Crippen LogP contribution in [0, 0.1) is 5.92 Å². The Balaban J connectivity index is 3.01. The van der Waals surface area contributed by atoms with Gasteiger partial charge in [0.1, 0.15) is 17.3 Å². The highest BCUT2D eigenvalue weighted by atomic mass is 16.6. The average molecular weight is 312 g/mol. The molecule has 1 aliphatic rings. The van der Waals surface area contributed by atoms with Gasteiger partial charge in [-0.15, -0.1) is 4.59 Å². The van der Waals surface area contributed by atoms with Crippen molar-refractivity contribution in [3.63, 3.8) is 0 Å². The van der Waals surface area contributed by atoms with Gasteiger partial charge in [-0.1, -0.05) is 6.42 Å². The van der Waals surface area contributed by atoms with E-state index in [2.05, 4.69) is 12.2 Å². The molecule has 1 aliphatic carbocycles. The highest BCUT2D eigenvalue weighted by molar-refractivity contribution is 5.61. The summed E-state index contributed by atoms with van der Waals surface area (Å²) in [5.41, 5.74) is -0.916. The second-order valence-electron chi connectivity index (χ2n) is 7.61. The molecule has 0 spiro atoms. The van der Waals surface area contributed by atoms with Crippen LogP contribution < -0.4 is 11.2 Å². The first kappa shape index (κ1) is 19.1. The summed E-state index contributed by atoms with van der Waals surface area (Å²) in [6.07, 6.45) is 7.39. The van der Waals surface area contributed by atoms with Gasteiger partial charge in [0.15, 0.2) is 0 Å². The SMILES string of the molecule is C/C=C\[N+](N)(C(=O)OC1(C)CCCCC1CNC)C(C)(C)C. The highest BCUT2D eigenvalue weighted by Gasteiger charge is 2.50. The van der Waals surface area contributed by atoms with E-state index in [4.69, 9.17) is 10.6 Å². The standard InChI is InChI=1S/C17H34N3O2/c1-7-12-20(18,16(2,3)4)15(21)22-17(5)11-9-8-10-14(17)13-19-6/h7,12,14,19H,8-11,13,18H2,1-6H3/q+1/b12-7-. The maximum atomic E-state index is 12.9. The van der Waals surface area contributed by atoms with E-state index in [9.17, 15) is 4.79 Å². The van der Waals surface area contributed by atoms with Gasteiger partial charge in [0, 0.05) is 12.5 Å². The molecule has 3 atom stereocenters. The van der Waals surface area contributed by atoms with E-state index in [-0.39, 0.29) is 10.7 Å². The highest BCUT2D eigenvalue weighted by Crippen LogP contribution is 2.38. The van der Waals surface area contributed by atoms with E-state index in [0.29, 0.717) is 5.92 Å². The number of nitrogens with two attached hydrogens (primary N) is 1. The Kier molecular flexibility index (Phi) is 6.18. The van der Waals surface area contributed by atoms with Crippen molar-refractivity contribution in [1.82, 2.24) is 5.32 Å². The summed E-state index contributed by atoms with van der Waals surface area (Å²) in [5.74, 6) is 6.71.